The van der Waals surface area contributed by atoms with Gasteiger partial charge in [0.15, 0.2) is 0 Å². The smallest absolute Gasteiger partial charge is 0.0767 e. The molecule has 0 bridgehead atoms. The molecule has 0 fully saturated rings. The highest BCUT2D eigenvalue weighted by Crippen LogP contribution is 2.22. The van der Waals surface area contributed by atoms with Crippen LogP contribution in [-0.4, -0.2) is 27.0 Å². The van der Waals surface area contributed by atoms with E-state index in [1.807, 2.05) is 18.5 Å². The van der Waals surface area contributed by atoms with Crippen LogP contribution >= 0.6 is 15.9 Å². The Morgan fingerprint density at radius 2 is 2.06 bits per heavy atom. The maximum absolute atomic E-state index is 9.95. The summed E-state index contributed by atoms with van der Waals surface area (Å²) in [5.74, 6) is 0. The number of nitrogens with zero attached hydrogens (tertiary/aromatic N) is 2. The highest BCUT2D eigenvalue weighted by molar-refractivity contribution is 9.10. The van der Waals surface area contributed by atoms with E-state index in [0.717, 1.165) is 41.8 Å². The summed E-state index contributed by atoms with van der Waals surface area (Å²) in [6, 6.07) is 0. The van der Waals surface area contributed by atoms with Crippen molar-refractivity contribution in [3.05, 3.63) is 15.9 Å². The number of aromatic nitrogens is 2. The summed E-state index contributed by atoms with van der Waals surface area (Å²) in [5, 5.41) is 17.8. The van der Waals surface area contributed by atoms with E-state index < -0.39 is 5.60 Å². The van der Waals surface area contributed by atoms with Gasteiger partial charge in [0.05, 0.1) is 21.5 Å². The molecule has 0 saturated carbocycles. The van der Waals surface area contributed by atoms with Crippen molar-refractivity contribution >= 4 is 15.9 Å². The minimum absolute atomic E-state index is 0.590. The van der Waals surface area contributed by atoms with Gasteiger partial charge in [-0.05, 0) is 42.6 Å². The zero-order valence-electron chi connectivity index (χ0n) is 11.8. The standard InChI is InChI=1S/C13H24BrN3O/c1-5-10-12(14)11(17(7-3)16-10)8-15-9-13(4,18)6-2/h15,18H,5-9H2,1-4H3. The average Bonchev–Trinajstić information content (AvgIpc) is 2.66. The van der Waals surface area contributed by atoms with Gasteiger partial charge in [0, 0.05) is 19.6 Å². The lowest BCUT2D eigenvalue weighted by Crippen LogP contribution is -2.37. The zero-order valence-corrected chi connectivity index (χ0v) is 13.3. The Morgan fingerprint density at radius 3 is 2.56 bits per heavy atom. The van der Waals surface area contributed by atoms with Crippen LogP contribution in [-0.2, 0) is 19.5 Å². The molecule has 1 aromatic rings. The molecule has 0 radical (unpaired) electrons. The van der Waals surface area contributed by atoms with Gasteiger partial charge in [-0.25, -0.2) is 0 Å². The Kier molecular flexibility index (Phi) is 5.82. The van der Waals surface area contributed by atoms with Gasteiger partial charge in [-0.2, -0.15) is 5.10 Å². The highest BCUT2D eigenvalue weighted by Gasteiger charge is 2.18. The van der Waals surface area contributed by atoms with Gasteiger partial charge >= 0.3 is 0 Å². The number of halogens is 1. The second-order valence-electron chi connectivity index (χ2n) is 4.83. The molecule has 0 aliphatic carbocycles. The first-order chi connectivity index (χ1) is 8.45. The second kappa shape index (κ2) is 6.68. The predicted octanol–water partition coefficient (Wildman–Crippen LogP) is 2.48. The summed E-state index contributed by atoms with van der Waals surface area (Å²) < 4.78 is 3.10. The summed E-state index contributed by atoms with van der Waals surface area (Å²) in [4.78, 5) is 0. The lowest BCUT2D eigenvalue weighted by Gasteiger charge is -2.21. The fraction of sp³-hybridized carbons (Fsp3) is 0.769. The molecular formula is C13H24BrN3O. The molecule has 1 rings (SSSR count). The normalized spacial score (nSPS) is 14.8. The van der Waals surface area contributed by atoms with Crippen molar-refractivity contribution in [2.45, 2.75) is 59.2 Å². The molecule has 1 atom stereocenters. The van der Waals surface area contributed by atoms with Crippen LogP contribution in [0.25, 0.3) is 0 Å². The molecule has 0 spiro atoms. The fourth-order valence-corrected chi connectivity index (χ4v) is 2.47. The van der Waals surface area contributed by atoms with E-state index in [0.29, 0.717) is 6.54 Å². The van der Waals surface area contributed by atoms with Crippen LogP contribution in [0.5, 0.6) is 0 Å². The van der Waals surface area contributed by atoms with Crippen LogP contribution < -0.4 is 5.32 Å². The largest absolute Gasteiger partial charge is 0.389 e. The van der Waals surface area contributed by atoms with Crippen LogP contribution in [0, 0.1) is 0 Å². The summed E-state index contributed by atoms with van der Waals surface area (Å²) >= 11 is 3.61. The van der Waals surface area contributed by atoms with Crippen molar-refractivity contribution in [1.82, 2.24) is 15.1 Å². The lowest BCUT2D eigenvalue weighted by atomic mass is 10.0. The van der Waals surface area contributed by atoms with Gasteiger partial charge in [-0.1, -0.05) is 13.8 Å². The molecule has 5 heteroatoms. The van der Waals surface area contributed by atoms with E-state index in [9.17, 15) is 5.11 Å². The van der Waals surface area contributed by atoms with E-state index >= 15 is 0 Å². The van der Waals surface area contributed by atoms with Crippen molar-refractivity contribution in [2.24, 2.45) is 0 Å². The molecule has 1 aromatic heterocycles. The monoisotopic (exact) mass is 317 g/mol. The third-order valence-corrected chi connectivity index (χ3v) is 4.17. The predicted molar refractivity (Wildman–Crippen MR) is 77.6 cm³/mol. The van der Waals surface area contributed by atoms with Crippen molar-refractivity contribution in [1.29, 1.82) is 0 Å². The maximum Gasteiger partial charge on any atom is 0.0767 e. The average molecular weight is 318 g/mol. The Labute approximate surface area is 118 Å². The van der Waals surface area contributed by atoms with Gasteiger partial charge in [0.2, 0.25) is 0 Å². The molecule has 1 unspecified atom stereocenters. The summed E-state index contributed by atoms with van der Waals surface area (Å²) in [7, 11) is 0. The minimum Gasteiger partial charge on any atom is -0.389 e. The lowest BCUT2D eigenvalue weighted by molar-refractivity contribution is 0.0554. The first kappa shape index (κ1) is 15.7. The van der Waals surface area contributed by atoms with Crippen molar-refractivity contribution in [2.75, 3.05) is 6.54 Å². The Balaban J connectivity index is 2.69. The molecule has 0 aliphatic rings. The van der Waals surface area contributed by atoms with Crippen LogP contribution in [0.4, 0.5) is 0 Å². The van der Waals surface area contributed by atoms with E-state index in [4.69, 9.17) is 0 Å². The molecule has 18 heavy (non-hydrogen) atoms. The third-order valence-electron chi connectivity index (χ3n) is 3.25. The van der Waals surface area contributed by atoms with Crippen LogP contribution in [0.3, 0.4) is 0 Å². The molecule has 104 valence electrons. The van der Waals surface area contributed by atoms with Gasteiger partial charge in [-0.15, -0.1) is 0 Å². The zero-order chi connectivity index (χ0) is 13.8. The molecule has 4 nitrogen and oxygen atoms in total. The quantitative estimate of drug-likeness (QED) is 0.812. The second-order valence-corrected chi connectivity index (χ2v) is 5.62. The van der Waals surface area contributed by atoms with Crippen molar-refractivity contribution in [3.63, 3.8) is 0 Å². The SMILES string of the molecule is CCc1nn(CC)c(CNCC(C)(O)CC)c1Br. The van der Waals surface area contributed by atoms with Gasteiger partial charge in [-0.3, -0.25) is 4.68 Å². The third kappa shape index (κ3) is 3.80. The molecule has 2 N–H and O–H groups in total. The van der Waals surface area contributed by atoms with Crippen LogP contribution in [0.1, 0.15) is 45.5 Å². The fourth-order valence-electron chi connectivity index (χ4n) is 1.76. The van der Waals surface area contributed by atoms with Gasteiger partial charge in [0.1, 0.15) is 0 Å². The topological polar surface area (TPSA) is 50.1 Å². The van der Waals surface area contributed by atoms with Crippen molar-refractivity contribution < 1.29 is 5.11 Å². The molecule has 0 aliphatic heterocycles. The van der Waals surface area contributed by atoms with Gasteiger partial charge < -0.3 is 10.4 Å². The number of nitrogens with one attached hydrogen (secondary N) is 1. The number of hydrogen-bond donors (Lipinski definition) is 2. The number of hydrogen-bond acceptors (Lipinski definition) is 3. The number of rotatable bonds is 7. The first-order valence-electron chi connectivity index (χ1n) is 6.62. The Hall–Kier alpha value is -0.390. The van der Waals surface area contributed by atoms with E-state index in [-0.39, 0.29) is 0 Å². The number of aryl methyl sites for hydroxylation is 2. The van der Waals surface area contributed by atoms with Crippen LogP contribution in [0.15, 0.2) is 4.47 Å². The number of aliphatic hydroxyl groups is 1. The van der Waals surface area contributed by atoms with E-state index in [1.54, 1.807) is 0 Å². The summed E-state index contributed by atoms with van der Waals surface area (Å²) in [6.07, 6.45) is 1.67. The molecule has 0 amide bonds. The highest BCUT2D eigenvalue weighted by atomic mass is 79.9. The maximum atomic E-state index is 9.95. The Bertz CT molecular complexity index is 388. The minimum atomic E-state index is -0.642. The molecular weight excluding hydrogens is 294 g/mol. The molecule has 0 aromatic carbocycles. The summed E-state index contributed by atoms with van der Waals surface area (Å²) in [5.41, 5.74) is 1.61. The van der Waals surface area contributed by atoms with Gasteiger partial charge in [0.25, 0.3) is 0 Å². The Morgan fingerprint density at radius 1 is 1.39 bits per heavy atom. The van der Waals surface area contributed by atoms with Crippen molar-refractivity contribution in [3.8, 4) is 0 Å². The van der Waals surface area contributed by atoms with E-state index in [1.165, 1.54) is 0 Å². The van der Waals surface area contributed by atoms with Crippen LogP contribution in [0.2, 0.25) is 0 Å². The molecule has 1 heterocycles. The molecule has 0 saturated heterocycles. The van der Waals surface area contributed by atoms with E-state index in [2.05, 4.69) is 40.2 Å². The first-order valence-corrected chi connectivity index (χ1v) is 7.41. The summed E-state index contributed by atoms with van der Waals surface area (Å²) in [6.45, 7) is 10.2.